The van der Waals surface area contributed by atoms with Crippen molar-refractivity contribution in [3.05, 3.63) is 0 Å². The van der Waals surface area contributed by atoms with Crippen LogP contribution in [-0.2, 0) is 4.79 Å². The molecule has 1 saturated heterocycles. The van der Waals surface area contributed by atoms with Crippen LogP contribution in [0, 0.1) is 16.7 Å². The summed E-state index contributed by atoms with van der Waals surface area (Å²) in [5.41, 5.74) is -0.166. The van der Waals surface area contributed by atoms with Crippen molar-refractivity contribution >= 4 is 5.97 Å². The molecular formula is C17H33NO2. The number of likely N-dealkylation sites (tertiary alicyclic amines) is 1. The van der Waals surface area contributed by atoms with Crippen LogP contribution in [0.2, 0.25) is 0 Å². The highest BCUT2D eigenvalue weighted by Crippen LogP contribution is 2.34. The van der Waals surface area contributed by atoms with E-state index in [2.05, 4.69) is 25.7 Å². The maximum Gasteiger partial charge on any atom is 0.309 e. The number of carboxylic acid groups (broad SMARTS) is 1. The molecule has 0 saturated carbocycles. The molecule has 0 spiro atoms. The van der Waals surface area contributed by atoms with Crippen molar-refractivity contribution in [3.63, 3.8) is 0 Å². The van der Waals surface area contributed by atoms with E-state index in [1.165, 1.54) is 32.4 Å². The number of aliphatic carboxylic acids is 1. The van der Waals surface area contributed by atoms with Gasteiger partial charge in [-0.3, -0.25) is 4.79 Å². The van der Waals surface area contributed by atoms with Crippen LogP contribution in [-0.4, -0.2) is 35.6 Å². The lowest BCUT2D eigenvalue weighted by Crippen LogP contribution is -2.29. The van der Waals surface area contributed by atoms with Gasteiger partial charge in [-0.15, -0.1) is 0 Å². The van der Waals surface area contributed by atoms with Crippen LogP contribution in [0.1, 0.15) is 66.7 Å². The van der Waals surface area contributed by atoms with Crippen LogP contribution in [0.15, 0.2) is 0 Å². The maximum absolute atomic E-state index is 11.1. The Bertz CT molecular complexity index is 317. The molecule has 3 heteroatoms. The van der Waals surface area contributed by atoms with Gasteiger partial charge in [-0.1, -0.05) is 20.8 Å². The van der Waals surface area contributed by atoms with E-state index < -0.39 is 11.4 Å². The Hall–Kier alpha value is -0.570. The fraction of sp³-hybridized carbons (Fsp3) is 0.941. The topological polar surface area (TPSA) is 40.5 Å². The summed E-state index contributed by atoms with van der Waals surface area (Å²) in [5, 5.41) is 9.13. The summed E-state index contributed by atoms with van der Waals surface area (Å²) in [6.07, 6.45) is 5.65. The summed E-state index contributed by atoms with van der Waals surface area (Å²) >= 11 is 0. The van der Waals surface area contributed by atoms with Gasteiger partial charge in [0, 0.05) is 0 Å². The van der Waals surface area contributed by atoms with Gasteiger partial charge < -0.3 is 10.0 Å². The lowest BCUT2D eigenvalue weighted by Gasteiger charge is -2.30. The molecule has 1 unspecified atom stereocenters. The molecule has 1 atom stereocenters. The predicted molar refractivity (Wildman–Crippen MR) is 83.9 cm³/mol. The first-order valence-corrected chi connectivity index (χ1v) is 8.09. The van der Waals surface area contributed by atoms with Crippen LogP contribution in [0.25, 0.3) is 0 Å². The molecule has 0 aromatic carbocycles. The van der Waals surface area contributed by atoms with Crippen molar-refractivity contribution in [1.29, 1.82) is 0 Å². The third-order valence-corrected chi connectivity index (χ3v) is 4.90. The molecular weight excluding hydrogens is 250 g/mol. The quantitative estimate of drug-likeness (QED) is 0.828. The summed E-state index contributed by atoms with van der Waals surface area (Å²) in [5.74, 6) is 0.143. The molecule has 1 aliphatic heterocycles. The van der Waals surface area contributed by atoms with E-state index in [-0.39, 0.29) is 0 Å². The number of carbonyl (C=O) groups is 1. The molecule has 1 N–H and O–H groups in total. The summed E-state index contributed by atoms with van der Waals surface area (Å²) in [6, 6.07) is 0. The maximum atomic E-state index is 11.1. The minimum absolute atomic E-state index is 0.418. The van der Waals surface area contributed by atoms with Gasteiger partial charge in [0.1, 0.15) is 0 Å². The Morgan fingerprint density at radius 1 is 1.15 bits per heavy atom. The lowest BCUT2D eigenvalue weighted by atomic mass is 9.77. The van der Waals surface area contributed by atoms with Crippen molar-refractivity contribution in [2.24, 2.45) is 16.7 Å². The Morgan fingerprint density at radius 2 is 1.80 bits per heavy atom. The van der Waals surface area contributed by atoms with Gasteiger partial charge in [0.05, 0.1) is 5.41 Å². The van der Waals surface area contributed by atoms with Crippen molar-refractivity contribution in [3.8, 4) is 0 Å². The predicted octanol–water partition coefficient (Wildman–Crippen LogP) is 4.03. The molecule has 1 heterocycles. The zero-order valence-corrected chi connectivity index (χ0v) is 14.0. The van der Waals surface area contributed by atoms with E-state index in [9.17, 15) is 4.79 Å². The van der Waals surface area contributed by atoms with E-state index in [0.717, 1.165) is 25.3 Å². The average Bonchev–Trinajstić information content (AvgIpc) is 2.53. The largest absolute Gasteiger partial charge is 0.481 e. The van der Waals surface area contributed by atoms with Gasteiger partial charge in [-0.05, 0) is 76.9 Å². The van der Waals surface area contributed by atoms with Gasteiger partial charge in [0.25, 0.3) is 0 Å². The smallest absolute Gasteiger partial charge is 0.309 e. The van der Waals surface area contributed by atoms with Gasteiger partial charge in [-0.2, -0.15) is 0 Å². The molecule has 0 bridgehead atoms. The summed E-state index contributed by atoms with van der Waals surface area (Å²) in [6.45, 7) is 14.1. The first-order chi connectivity index (χ1) is 9.13. The lowest BCUT2D eigenvalue weighted by molar-refractivity contribution is -0.147. The van der Waals surface area contributed by atoms with Crippen LogP contribution in [0.3, 0.4) is 0 Å². The second-order valence-corrected chi connectivity index (χ2v) is 8.13. The summed E-state index contributed by atoms with van der Waals surface area (Å²) < 4.78 is 0. The van der Waals surface area contributed by atoms with Crippen LogP contribution >= 0.6 is 0 Å². The highest BCUT2D eigenvalue weighted by molar-refractivity contribution is 5.73. The molecule has 0 amide bonds. The van der Waals surface area contributed by atoms with E-state index >= 15 is 0 Å². The van der Waals surface area contributed by atoms with Crippen molar-refractivity contribution < 1.29 is 9.90 Å². The van der Waals surface area contributed by atoms with E-state index in [0.29, 0.717) is 5.41 Å². The van der Waals surface area contributed by atoms with Gasteiger partial charge in [-0.25, -0.2) is 0 Å². The molecule has 0 aromatic rings. The molecule has 0 aromatic heterocycles. The van der Waals surface area contributed by atoms with Gasteiger partial charge in [0.15, 0.2) is 0 Å². The second-order valence-electron chi connectivity index (χ2n) is 8.13. The molecule has 118 valence electrons. The standard InChI is InChI=1S/C17H33NO2/c1-16(2,3)14-8-6-11-18(13-9-14)12-7-10-17(4,5)15(19)20/h14H,6-13H2,1-5H3,(H,19,20). The Labute approximate surface area is 124 Å². The first kappa shape index (κ1) is 17.5. The molecule has 0 aliphatic carbocycles. The third kappa shape index (κ3) is 5.43. The Morgan fingerprint density at radius 3 is 2.35 bits per heavy atom. The van der Waals surface area contributed by atoms with E-state index in [4.69, 9.17) is 5.11 Å². The minimum atomic E-state index is -0.679. The Kier molecular flexibility index (Phi) is 6.06. The minimum Gasteiger partial charge on any atom is -0.481 e. The number of nitrogens with zero attached hydrogens (tertiary/aromatic N) is 1. The van der Waals surface area contributed by atoms with Crippen molar-refractivity contribution in [1.82, 2.24) is 4.90 Å². The number of hydrogen-bond donors (Lipinski definition) is 1. The van der Waals surface area contributed by atoms with Gasteiger partial charge in [0.2, 0.25) is 0 Å². The summed E-state index contributed by atoms with van der Waals surface area (Å²) in [7, 11) is 0. The first-order valence-electron chi connectivity index (χ1n) is 8.09. The van der Waals surface area contributed by atoms with Crippen molar-refractivity contribution in [2.75, 3.05) is 19.6 Å². The molecule has 3 nitrogen and oxygen atoms in total. The molecule has 20 heavy (non-hydrogen) atoms. The van der Waals surface area contributed by atoms with Gasteiger partial charge >= 0.3 is 5.97 Å². The molecule has 1 aliphatic rings. The molecule has 0 radical (unpaired) electrons. The second kappa shape index (κ2) is 6.93. The number of hydrogen-bond acceptors (Lipinski definition) is 2. The van der Waals surface area contributed by atoms with Crippen LogP contribution < -0.4 is 0 Å². The highest BCUT2D eigenvalue weighted by Gasteiger charge is 2.28. The third-order valence-electron chi connectivity index (χ3n) is 4.90. The summed E-state index contributed by atoms with van der Waals surface area (Å²) in [4.78, 5) is 13.6. The van der Waals surface area contributed by atoms with Crippen LogP contribution in [0.5, 0.6) is 0 Å². The molecule has 1 fully saturated rings. The highest BCUT2D eigenvalue weighted by atomic mass is 16.4. The monoisotopic (exact) mass is 283 g/mol. The fourth-order valence-corrected chi connectivity index (χ4v) is 3.10. The van der Waals surface area contributed by atoms with E-state index in [1.54, 1.807) is 0 Å². The number of rotatable bonds is 5. The zero-order valence-electron chi connectivity index (χ0n) is 14.0. The average molecular weight is 283 g/mol. The fourth-order valence-electron chi connectivity index (χ4n) is 3.10. The molecule has 1 rings (SSSR count). The normalized spacial score (nSPS) is 22.6. The van der Waals surface area contributed by atoms with E-state index in [1.807, 2.05) is 13.8 Å². The SMILES string of the molecule is CC(C)(CCCN1CCCC(C(C)(C)C)CC1)C(=O)O. The number of carboxylic acids is 1. The zero-order chi connectivity index (χ0) is 15.4. The van der Waals surface area contributed by atoms with Crippen LogP contribution in [0.4, 0.5) is 0 Å². The van der Waals surface area contributed by atoms with Crippen molar-refractivity contribution in [2.45, 2.75) is 66.7 Å². The Balaban J connectivity index is 2.35.